The highest BCUT2D eigenvalue weighted by Gasteiger charge is 2.28. The molecule has 0 unspecified atom stereocenters. The van der Waals surface area contributed by atoms with Gasteiger partial charge < -0.3 is 9.64 Å². The quantitative estimate of drug-likeness (QED) is 0.292. The zero-order valence-electron chi connectivity index (χ0n) is 16.7. The third-order valence-corrected chi connectivity index (χ3v) is 5.05. The number of carbonyl (C=O) groups is 1. The molecule has 0 atom stereocenters. The minimum atomic E-state index is -0.470. The molecule has 0 radical (unpaired) electrons. The molecule has 0 aliphatic heterocycles. The van der Waals surface area contributed by atoms with Gasteiger partial charge in [0.25, 0.3) is 5.69 Å². The van der Waals surface area contributed by atoms with E-state index in [0.29, 0.717) is 28.8 Å². The second-order valence-corrected chi connectivity index (χ2v) is 7.65. The molecule has 1 aliphatic rings. The summed E-state index contributed by atoms with van der Waals surface area (Å²) in [7, 11) is 1.31. The molecule has 0 saturated heterocycles. The molecule has 6 heteroatoms. The number of methoxy groups -OCH3 is 1. The molecule has 0 N–H and O–H groups in total. The molecule has 2 rings (SSSR count). The van der Waals surface area contributed by atoms with E-state index in [0.717, 1.165) is 19.4 Å². The van der Waals surface area contributed by atoms with Crippen LogP contribution in [0.15, 0.2) is 24.3 Å². The van der Waals surface area contributed by atoms with Crippen molar-refractivity contribution in [3.05, 3.63) is 40.0 Å². The maximum Gasteiger partial charge on any atom is 0.330 e. The van der Waals surface area contributed by atoms with E-state index in [-0.39, 0.29) is 10.6 Å². The lowest BCUT2D eigenvalue weighted by Gasteiger charge is -2.37. The summed E-state index contributed by atoms with van der Waals surface area (Å²) < 4.78 is 4.65. The molecule has 0 spiro atoms. The molecule has 1 aliphatic carbocycles. The molecule has 27 heavy (non-hydrogen) atoms. The van der Waals surface area contributed by atoms with Gasteiger partial charge in [0.1, 0.15) is 5.69 Å². The Morgan fingerprint density at radius 2 is 2.00 bits per heavy atom. The Balaban J connectivity index is 2.44. The average molecular weight is 374 g/mol. The fourth-order valence-electron chi connectivity index (χ4n) is 3.71. The molecule has 0 amide bonds. The summed E-state index contributed by atoms with van der Waals surface area (Å²) in [6, 6.07) is 5.60. The van der Waals surface area contributed by atoms with Crippen LogP contribution in [0.4, 0.5) is 11.4 Å². The van der Waals surface area contributed by atoms with Crippen LogP contribution in [0.2, 0.25) is 0 Å². The molecule has 1 fully saturated rings. The lowest BCUT2D eigenvalue weighted by atomic mass is 9.92. The predicted molar refractivity (Wildman–Crippen MR) is 108 cm³/mol. The van der Waals surface area contributed by atoms with Crippen molar-refractivity contribution in [1.82, 2.24) is 0 Å². The van der Waals surface area contributed by atoms with Crippen LogP contribution in [0.25, 0.3) is 5.57 Å². The van der Waals surface area contributed by atoms with Gasteiger partial charge in [-0.3, -0.25) is 10.1 Å². The van der Waals surface area contributed by atoms with E-state index in [9.17, 15) is 14.9 Å². The Hall–Kier alpha value is -2.37. The number of esters is 1. The van der Waals surface area contributed by atoms with Gasteiger partial charge >= 0.3 is 5.97 Å². The maximum atomic E-state index is 11.8. The van der Waals surface area contributed by atoms with Crippen LogP contribution in [0.1, 0.15) is 58.4 Å². The van der Waals surface area contributed by atoms with Gasteiger partial charge in [0.15, 0.2) is 0 Å². The molecule has 0 aromatic heterocycles. The van der Waals surface area contributed by atoms with Gasteiger partial charge in [-0.1, -0.05) is 39.2 Å². The zero-order chi connectivity index (χ0) is 20.0. The van der Waals surface area contributed by atoms with E-state index in [1.807, 2.05) is 12.1 Å². The molecule has 1 aromatic rings. The Bertz CT molecular complexity index is 706. The minimum absolute atomic E-state index is 0.0938. The Kier molecular flexibility index (Phi) is 7.39. The highest BCUT2D eigenvalue weighted by Crippen LogP contribution is 2.36. The summed E-state index contributed by atoms with van der Waals surface area (Å²) in [5.41, 5.74) is 2.07. The first-order valence-corrected chi connectivity index (χ1v) is 9.65. The smallest absolute Gasteiger partial charge is 0.330 e. The highest BCUT2D eigenvalue weighted by molar-refractivity contribution is 5.91. The second kappa shape index (κ2) is 9.53. The van der Waals surface area contributed by atoms with Crippen LogP contribution in [-0.2, 0) is 9.53 Å². The SMILES string of the molecule is COC(=O)/C=C(\C)c1ccc(N(CC(C)C)C2CCCCC2)c([N+](=O)[O-])c1. The molecule has 0 bridgehead atoms. The molecule has 1 aromatic carbocycles. The first-order chi connectivity index (χ1) is 12.8. The average Bonchev–Trinajstić information content (AvgIpc) is 2.66. The minimum Gasteiger partial charge on any atom is -0.466 e. The third kappa shape index (κ3) is 5.55. The predicted octanol–water partition coefficient (Wildman–Crippen LogP) is 4.97. The van der Waals surface area contributed by atoms with Crippen molar-refractivity contribution in [2.45, 2.75) is 58.9 Å². The summed E-state index contributed by atoms with van der Waals surface area (Å²) in [4.78, 5) is 25.2. The first-order valence-electron chi connectivity index (χ1n) is 9.65. The Morgan fingerprint density at radius 1 is 1.33 bits per heavy atom. The van der Waals surface area contributed by atoms with Crippen molar-refractivity contribution in [3.63, 3.8) is 0 Å². The molecular weight excluding hydrogens is 344 g/mol. The maximum absolute atomic E-state index is 11.8. The van der Waals surface area contributed by atoms with Gasteiger partial charge in [-0.2, -0.15) is 0 Å². The number of nitro groups is 1. The van der Waals surface area contributed by atoms with Gasteiger partial charge in [-0.15, -0.1) is 0 Å². The van der Waals surface area contributed by atoms with Crippen molar-refractivity contribution in [1.29, 1.82) is 0 Å². The van der Waals surface area contributed by atoms with Gasteiger partial charge in [-0.25, -0.2) is 4.79 Å². The van der Waals surface area contributed by atoms with Gasteiger partial charge in [0, 0.05) is 24.7 Å². The number of benzene rings is 1. The number of nitro benzene ring substituents is 1. The van der Waals surface area contributed by atoms with Crippen LogP contribution in [-0.4, -0.2) is 30.6 Å². The van der Waals surface area contributed by atoms with E-state index >= 15 is 0 Å². The highest BCUT2D eigenvalue weighted by atomic mass is 16.6. The lowest BCUT2D eigenvalue weighted by molar-refractivity contribution is -0.384. The topological polar surface area (TPSA) is 72.7 Å². The van der Waals surface area contributed by atoms with Crippen molar-refractivity contribution >= 4 is 22.9 Å². The van der Waals surface area contributed by atoms with Crippen LogP contribution < -0.4 is 4.90 Å². The van der Waals surface area contributed by atoms with Crippen LogP contribution in [0.5, 0.6) is 0 Å². The van der Waals surface area contributed by atoms with E-state index < -0.39 is 5.97 Å². The fourth-order valence-corrected chi connectivity index (χ4v) is 3.71. The molecule has 148 valence electrons. The monoisotopic (exact) mass is 374 g/mol. The zero-order valence-corrected chi connectivity index (χ0v) is 16.7. The fraction of sp³-hybridized carbons (Fsp3) is 0.571. The molecule has 1 saturated carbocycles. The van der Waals surface area contributed by atoms with Gasteiger partial charge in [-0.05, 0) is 42.9 Å². The number of ether oxygens (including phenoxy) is 1. The van der Waals surface area contributed by atoms with Crippen LogP contribution in [0, 0.1) is 16.0 Å². The number of hydrogen-bond acceptors (Lipinski definition) is 5. The lowest BCUT2D eigenvalue weighted by Crippen LogP contribution is -2.39. The van der Waals surface area contributed by atoms with Crippen LogP contribution >= 0.6 is 0 Å². The molecular formula is C21H30N2O4. The Morgan fingerprint density at radius 3 is 2.56 bits per heavy atom. The van der Waals surface area contributed by atoms with Crippen LogP contribution in [0.3, 0.4) is 0 Å². The number of carbonyl (C=O) groups excluding carboxylic acids is 1. The second-order valence-electron chi connectivity index (χ2n) is 7.65. The van der Waals surface area contributed by atoms with Crippen molar-refractivity contribution in [2.24, 2.45) is 5.92 Å². The van der Waals surface area contributed by atoms with Crippen molar-refractivity contribution in [3.8, 4) is 0 Å². The Labute approximate surface area is 161 Å². The van der Waals surface area contributed by atoms with E-state index in [4.69, 9.17) is 0 Å². The number of nitrogens with zero attached hydrogens (tertiary/aromatic N) is 2. The summed E-state index contributed by atoms with van der Waals surface area (Å²) >= 11 is 0. The number of hydrogen-bond donors (Lipinski definition) is 0. The number of anilines is 1. The normalized spacial score (nSPS) is 15.7. The van der Waals surface area contributed by atoms with Crippen molar-refractivity contribution in [2.75, 3.05) is 18.6 Å². The van der Waals surface area contributed by atoms with Gasteiger partial charge in [0.05, 0.1) is 12.0 Å². The summed E-state index contributed by atoms with van der Waals surface area (Å²) in [6.07, 6.45) is 7.09. The number of allylic oxidation sites excluding steroid dienone is 1. The summed E-state index contributed by atoms with van der Waals surface area (Å²) in [5.74, 6) is -0.0602. The van der Waals surface area contributed by atoms with E-state index in [1.165, 1.54) is 32.4 Å². The van der Waals surface area contributed by atoms with E-state index in [1.54, 1.807) is 13.0 Å². The summed E-state index contributed by atoms with van der Waals surface area (Å²) in [6.45, 7) is 6.82. The summed E-state index contributed by atoms with van der Waals surface area (Å²) in [5, 5.41) is 11.8. The number of rotatable bonds is 7. The third-order valence-electron chi connectivity index (χ3n) is 5.05. The first kappa shape index (κ1) is 20.9. The molecule has 6 nitrogen and oxygen atoms in total. The van der Waals surface area contributed by atoms with E-state index in [2.05, 4.69) is 23.5 Å². The standard InChI is InChI=1S/C21H30N2O4/c1-15(2)14-22(18-8-6-5-7-9-18)19-11-10-17(13-20(19)23(25)26)16(3)12-21(24)27-4/h10-13,15,18H,5-9,14H2,1-4H3/b16-12+. The molecule has 0 heterocycles. The van der Waals surface area contributed by atoms with Gasteiger partial charge in [0.2, 0.25) is 0 Å². The van der Waals surface area contributed by atoms with Crippen molar-refractivity contribution < 1.29 is 14.5 Å². The largest absolute Gasteiger partial charge is 0.466 e.